The summed E-state index contributed by atoms with van der Waals surface area (Å²) < 4.78 is 5.19. The Labute approximate surface area is 107 Å². The molecule has 0 bridgehead atoms. The first kappa shape index (κ1) is 14.3. The predicted molar refractivity (Wildman–Crippen MR) is 71.2 cm³/mol. The fourth-order valence-corrected chi connectivity index (χ4v) is 1.69. The van der Waals surface area contributed by atoms with Crippen LogP contribution in [0.2, 0.25) is 0 Å². The zero-order chi connectivity index (χ0) is 13.7. The molecular formula is C13H20N2O3. The Morgan fingerprint density at radius 3 is 2.72 bits per heavy atom. The van der Waals surface area contributed by atoms with Gasteiger partial charge < -0.3 is 20.5 Å². The molecule has 0 heterocycles. The topological polar surface area (TPSA) is 75.8 Å². The van der Waals surface area contributed by atoms with Crippen molar-refractivity contribution in [1.29, 1.82) is 0 Å². The summed E-state index contributed by atoms with van der Waals surface area (Å²) in [6.45, 7) is 2.57. The van der Waals surface area contributed by atoms with Crippen molar-refractivity contribution in [2.45, 2.75) is 19.4 Å². The first-order chi connectivity index (χ1) is 8.45. The minimum absolute atomic E-state index is 0.414. The Balaban J connectivity index is 2.64. The SMILES string of the molecule is COc1ccc(N(C)CCC(N)C(=O)O)cc1C. The monoisotopic (exact) mass is 252 g/mol. The van der Waals surface area contributed by atoms with Crippen molar-refractivity contribution in [2.24, 2.45) is 5.73 Å². The van der Waals surface area contributed by atoms with Crippen LogP contribution in [-0.2, 0) is 4.79 Å². The molecule has 18 heavy (non-hydrogen) atoms. The van der Waals surface area contributed by atoms with Gasteiger partial charge in [0.1, 0.15) is 11.8 Å². The van der Waals surface area contributed by atoms with Crippen LogP contribution in [0.3, 0.4) is 0 Å². The summed E-state index contributed by atoms with van der Waals surface area (Å²) >= 11 is 0. The molecule has 1 unspecified atom stereocenters. The quantitative estimate of drug-likeness (QED) is 0.796. The number of carboxylic acid groups (broad SMARTS) is 1. The van der Waals surface area contributed by atoms with Crippen LogP contribution in [0.5, 0.6) is 5.75 Å². The number of hydrogen-bond acceptors (Lipinski definition) is 4. The van der Waals surface area contributed by atoms with Crippen LogP contribution in [0.15, 0.2) is 18.2 Å². The molecule has 1 rings (SSSR count). The number of anilines is 1. The van der Waals surface area contributed by atoms with E-state index < -0.39 is 12.0 Å². The molecule has 1 aromatic rings. The fourth-order valence-electron chi connectivity index (χ4n) is 1.69. The van der Waals surface area contributed by atoms with Crippen molar-refractivity contribution in [3.8, 4) is 5.75 Å². The molecule has 1 aromatic carbocycles. The number of aliphatic carboxylic acids is 1. The van der Waals surface area contributed by atoms with Crippen LogP contribution in [-0.4, -0.2) is 37.8 Å². The Hall–Kier alpha value is -1.75. The lowest BCUT2D eigenvalue weighted by Gasteiger charge is -2.21. The molecule has 0 aliphatic carbocycles. The molecule has 5 heteroatoms. The van der Waals surface area contributed by atoms with Crippen molar-refractivity contribution in [1.82, 2.24) is 0 Å². The normalized spacial score (nSPS) is 12.0. The van der Waals surface area contributed by atoms with Gasteiger partial charge in [0.25, 0.3) is 0 Å². The van der Waals surface area contributed by atoms with E-state index >= 15 is 0 Å². The van der Waals surface area contributed by atoms with Crippen LogP contribution in [0.1, 0.15) is 12.0 Å². The summed E-state index contributed by atoms with van der Waals surface area (Å²) in [5, 5.41) is 8.72. The third-order valence-electron chi connectivity index (χ3n) is 2.91. The zero-order valence-electron chi connectivity index (χ0n) is 11.0. The molecule has 1 atom stereocenters. The second-order valence-electron chi connectivity index (χ2n) is 4.31. The second-order valence-corrected chi connectivity index (χ2v) is 4.31. The van der Waals surface area contributed by atoms with Gasteiger partial charge in [0.2, 0.25) is 0 Å². The third-order valence-corrected chi connectivity index (χ3v) is 2.91. The maximum absolute atomic E-state index is 10.6. The second kappa shape index (κ2) is 6.26. The van der Waals surface area contributed by atoms with E-state index in [9.17, 15) is 4.79 Å². The molecule has 0 aliphatic rings. The van der Waals surface area contributed by atoms with E-state index in [1.165, 1.54) is 0 Å². The van der Waals surface area contributed by atoms with Crippen molar-refractivity contribution in [3.63, 3.8) is 0 Å². The van der Waals surface area contributed by atoms with Crippen LogP contribution in [0.4, 0.5) is 5.69 Å². The molecule has 5 nitrogen and oxygen atoms in total. The maximum atomic E-state index is 10.6. The fraction of sp³-hybridized carbons (Fsp3) is 0.462. The van der Waals surface area contributed by atoms with Gasteiger partial charge in [-0.1, -0.05) is 0 Å². The summed E-state index contributed by atoms with van der Waals surface area (Å²) in [7, 11) is 3.55. The molecular weight excluding hydrogens is 232 g/mol. The van der Waals surface area contributed by atoms with Gasteiger partial charge in [-0.15, -0.1) is 0 Å². The number of rotatable bonds is 6. The Bertz CT molecular complexity index is 421. The standard InChI is InChI=1S/C13H20N2O3/c1-9-8-10(4-5-12(9)18-3)15(2)7-6-11(14)13(16)17/h4-5,8,11H,6-7,14H2,1-3H3,(H,16,17). The number of carbonyl (C=O) groups is 1. The average molecular weight is 252 g/mol. The highest BCUT2D eigenvalue weighted by Gasteiger charge is 2.12. The number of nitrogens with zero attached hydrogens (tertiary/aromatic N) is 1. The van der Waals surface area contributed by atoms with Gasteiger partial charge in [0, 0.05) is 19.3 Å². The van der Waals surface area contributed by atoms with Gasteiger partial charge >= 0.3 is 5.97 Å². The lowest BCUT2D eigenvalue weighted by molar-refractivity contribution is -0.138. The van der Waals surface area contributed by atoms with Gasteiger partial charge in [-0.25, -0.2) is 0 Å². The van der Waals surface area contributed by atoms with Crippen molar-refractivity contribution in [2.75, 3.05) is 25.6 Å². The molecule has 0 fully saturated rings. The van der Waals surface area contributed by atoms with E-state index in [4.69, 9.17) is 15.6 Å². The van der Waals surface area contributed by atoms with E-state index in [1.807, 2.05) is 37.1 Å². The molecule has 0 aliphatic heterocycles. The van der Waals surface area contributed by atoms with E-state index in [0.29, 0.717) is 13.0 Å². The highest BCUT2D eigenvalue weighted by atomic mass is 16.5. The van der Waals surface area contributed by atoms with Gasteiger partial charge in [-0.2, -0.15) is 0 Å². The third kappa shape index (κ3) is 3.63. The minimum atomic E-state index is -0.964. The number of hydrogen-bond donors (Lipinski definition) is 2. The summed E-state index contributed by atoms with van der Waals surface area (Å²) in [5.74, 6) is -0.122. The molecule has 0 saturated carbocycles. The molecule has 0 spiro atoms. The minimum Gasteiger partial charge on any atom is -0.496 e. The van der Waals surface area contributed by atoms with E-state index in [0.717, 1.165) is 17.0 Å². The first-order valence-electron chi connectivity index (χ1n) is 5.80. The highest BCUT2D eigenvalue weighted by Crippen LogP contribution is 2.23. The molecule has 100 valence electrons. The molecule has 0 aromatic heterocycles. The van der Waals surface area contributed by atoms with Gasteiger partial charge in [0.15, 0.2) is 0 Å². The summed E-state index contributed by atoms with van der Waals surface area (Å²) in [4.78, 5) is 12.6. The van der Waals surface area contributed by atoms with Crippen LogP contribution in [0.25, 0.3) is 0 Å². The molecule has 0 radical (unpaired) electrons. The molecule has 3 N–H and O–H groups in total. The Morgan fingerprint density at radius 2 is 2.22 bits per heavy atom. The first-order valence-corrected chi connectivity index (χ1v) is 5.80. The summed E-state index contributed by atoms with van der Waals surface area (Å²) in [6.07, 6.45) is 0.414. The smallest absolute Gasteiger partial charge is 0.320 e. The van der Waals surface area contributed by atoms with Gasteiger partial charge in [0.05, 0.1) is 7.11 Å². The number of nitrogens with two attached hydrogens (primary N) is 1. The summed E-state index contributed by atoms with van der Waals surface area (Å²) in [6, 6.07) is 5.04. The number of carboxylic acids is 1. The number of aryl methyl sites for hydroxylation is 1. The lowest BCUT2D eigenvalue weighted by Crippen LogP contribution is -2.34. The van der Waals surface area contributed by atoms with Crippen LogP contribution in [0, 0.1) is 6.92 Å². The van der Waals surface area contributed by atoms with Crippen molar-refractivity contribution in [3.05, 3.63) is 23.8 Å². The van der Waals surface area contributed by atoms with Gasteiger partial charge in [-0.3, -0.25) is 4.79 Å². The largest absolute Gasteiger partial charge is 0.496 e. The van der Waals surface area contributed by atoms with Crippen molar-refractivity contribution < 1.29 is 14.6 Å². The Morgan fingerprint density at radius 1 is 1.56 bits per heavy atom. The average Bonchev–Trinajstić information content (AvgIpc) is 2.35. The van der Waals surface area contributed by atoms with Crippen molar-refractivity contribution >= 4 is 11.7 Å². The van der Waals surface area contributed by atoms with E-state index in [1.54, 1.807) is 7.11 Å². The van der Waals surface area contributed by atoms with E-state index in [-0.39, 0.29) is 0 Å². The summed E-state index contributed by atoms with van der Waals surface area (Å²) in [5.41, 5.74) is 7.54. The molecule has 0 amide bonds. The van der Waals surface area contributed by atoms with Crippen LogP contribution < -0.4 is 15.4 Å². The predicted octanol–water partition coefficient (Wildman–Crippen LogP) is 1.24. The molecule has 0 saturated heterocycles. The maximum Gasteiger partial charge on any atom is 0.320 e. The number of ether oxygens (including phenoxy) is 1. The number of benzene rings is 1. The Kier molecular flexibility index (Phi) is 4.97. The highest BCUT2D eigenvalue weighted by molar-refractivity contribution is 5.73. The van der Waals surface area contributed by atoms with Crippen LogP contribution >= 0.6 is 0 Å². The zero-order valence-corrected chi connectivity index (χ0v) is 11.0. The number of methoxy groups -OCH3 is 1. The lowest BCUT2D eigenvalue weighted by atomic mass is 10.1. The van der Waals surface area contributed by atoms with Gasteiger partial charge in [-0.05, 0) is 37.1 Å². The van der Waals surface area contributed by atoms with E-state index in [2.05, 4.69) is 0 Å².